The summed E-state index contributed by atoms with van der Waals surface area (Å²) in [6, 6.07) is 8.61. The summed E-state index contributed by atoms with van der Waals surface area (Å²) >= 11 is 5.83. The van der Waals surface area contributed by atoms with E-state index in [1.54, 1.807) is 18.3 Å². The van der Waals surface area contributed by atoms with Gasteiger partial charge in [-0.05, 0) is 36.8 Å². The number of aromatic amines is 1. The van der Waals surface area contributed by atoms with Gasteiger partial charge in [0.2, 0.25) is 0 Å². The molecule has 0 aliphatic carbocycles. The molecule has 2 aromatic heterocycles. The van der Waals surface area contributed by atoms with Crippen LogP contribution in [0.1, 0.15) is 5.69 Å². The number of aromatic nitrogens is 2. The van der Waals surface area contributed by atoms with E-state index in [0.717, 1.165) is 27.9 Å². The fraction of sp³-hybridized carbons (Fsp3) is 0.0714. The third kappa shape index (κ3) is 1.68. The van der Waals surface area contributed by atoms with Crippen molar-refractivity contribution in [2.24, 2.45) is 0 Å². The summed E-state index contributed by atoms with van der Waals surface area (Å²) in [5, 5.41) is 1.14. The summed E-state index contributed by atoms with van der Waals surface area (Å²) in [6.07, 6.45) is 1.74. The standard InChI is InChI=1S/C14H10ClFN2/c1-8-13(9-4-5-12(16)11(15)7-9)10-3-2-6-17-14(10)18-8/h2-7H,1H3,(H,17,18). The Morgan fingerprint density at radius 3 is 2.89 bits per heavy atom. The van der Waals surface area contributed by atoms with Gasteiger partial charge in [-0.3, -0.25) is 0 Å². The first-order valence-electron chi connectivity index (χ1n) is 5.55. The summed E-state index contributed by atoms with van der Waals surface area (Å²) in [6.45, 7) is 1.97. The van der Waals surface area contributed by atoms with E-state index >= 15 is 0 Å². The van der Waals surface area contributed by atoms with Crippen molar-refractivity contribution in [2.75, 3.05) is 0 Å². The van der Waals surface area contributed by atoms with Gasteiger partial charge in [-0.25, -0.2) is 9.37 Å². The Labute approximate surface area is 108 Å². The van der Waals surface area contributed by atoms with Crippen LogP contribution in [0.4, 0.5) is 4.39 Å². The molecule has 2 heterocycles. The normalized spacial score (nSPS) is 11.1. The summed E-state index contributed by atoms with van der Waals surface area (Å²) < 4.78 is 13.2. The Morgan fingerprint density at radius 2 is 2.11 bits per heavy atom. The Morgan fingerprint density at radius 1 is 1.28 bits per heavy atom. The lowest BCUT2D eigenvalue weighted by Gasteiger charge is -2.03. The Kier molecular flexibility index (Phi) is 2.56. The van der Waals surface area contributed by atoms with Crippen molar-refractivity contribution in [3.63, 3.8) is 0 Å². The maximum Gasteiger partial charge on any atom is 0.141 e. The Bertz CT molecular complexity index is 734. The zero-order valence-corrected chi connectivity index (χ0v) is 10.4. The van der Waals surface area contributed by atoms with Crippen molar-refractivity contribution in [1.29, 1.82) is 0 Å². The monoisotopic (exact) mass is 260 g/mol. The van der Waals surface area contributed by atoms with Gasteiger partial charge in [-0.15, -0.1) is 0 Å². The third-order valence-electron chi connectivity index (χ3n) is 2.97. The van der Waals surface area contributed by atoms with Gasteiger partial charge in [-0.1, -0.05) is 17.7 Å². The second-order valence-electron chi connectivity index (χ2n) is 4.15. The number of halogens is 2. The highest BCUT2D eigenvalue weighted by Gasteiger charge is 2.12. The van der Waals surface area contributed by atoms with Gasteiger partial charge < -0.3 is 4.98 Å². The molecule has 1 N–H and O–H groups in total. The molecule has 3 aromatic rings. The number of hydrogen-bond acceptors (Lipinski definition) is 1. The molecule has 0 aliphatic rings. The number of aryl methyl sites for hydroxylation is 1. The van der Waals surface area contributed by atoms with Gasteiger partial charge >= 0.3 is 0 Å². The molecule has 0 radical (unpaired) electrons. The number of rotatable bonds is 1. The van der Waals surface area contributed by atoms with Crippen molar-refractivity contribution < 1.29 is 4.39 Å². The van der Waals surface area contributed by atoms with Gasteiger partial charge in [0, 0.05) is 22.8 Å². The first kappa shape index (κ1) is 11.2. The molecule has 0 saturated heterocycles. The maximum atomic E-state index is 13.2. The highest BCUT2D eigenvalue weighted by atomic mass is 35.5. The van der Waals surface area contributed by atoms with Crippen LogP contribution in [-0.4, -0.2) is 9.97 Å². The molecule has 0 aliphatic heterocycles. The van der Waals surface area contributed by atoms with Crippen LogP contribution in [0.2, 0.25) is 5.02 Å². The largest absolute Gasteiger partial charge is 0.343 e. The van der Waals surface area contributed by atoms with E-state index in [2.05, 4.69) is 9.97 Å². The number of nitrogens with one attached hydrogen (secondary N) is 1. The zero-order valence-electron chi connectivity index (χ0n) is 9.67. The van der Waals surface area contributed by atoms with E-state index in [1.807, 2.05) is 19.1 Å². The molecule has 0 amide bonds. The van der Waals surface area contributed by atoms with Crippen molar-refractivity contribution in [3.8, 4) is 11.1 Å². The van der Waals surface area contributed by atoms with Gasteiger partial charge in [0.05, 0.1) is 5.02 Å². The SMILES string of the molecule is Cc1[nH]c2ncccc2c1-c1ccc(F)c(Cl)c1. The van der Waals surface area contributed by atoms with Gasteiger partial charge in [0.1, 0.15) is 11.5 Å². The smallest absolute Gasteiger partial charge is 0.141 e. The Balaban J connectivity index is 2.30. The molecule has 0 bridgehead atoms. The predicted molar refractivity (Wildman–Crippen MR) is 71.2 cm³/mol. The molecule has 0 spiro atoms. The minimum Gasteiger partial charge on any atom is -0.343 e. The number of pyridine rings is 1. The third-order valence-corrected chi connectivity index (χ3v) is 3.26. The van der Waals surface area contributed by atoms with Crippen LogP contribution in [0.25, 0.3) is 22.2 Å². The van der Waals surface area contributed by atoms with Crippen LogP contribution in [0.15, 0.2) is 36.5 Å². The lowest BCUT2D eigenvalue weighted by Crippen LogP contribution is -1.82. The van der Waals surface area contributed by atoms with E-state index in [0.29, 0.717) is 0 Å². The van der Waals surface area contributed by atoms with Crippen LogP contribution >= 0.6 is 11.6 Å². The van der Waals surface area contributed by atoms with E-state index < -0.39 is 5.82 Å². The minimum atomic E-state index is -0.406. The molecular weight excluding hydrogens is 251 g/mol. The molecule has 90 valence electrons. The molecule has 2 nitrogen and oxygen atoms in total. The number of hydrogen-bond donors (Lipinski definition) is 1. The van der Waals surface area contributed by atoms with Crippen molar-refractivity contribution >= 4 is 22.6 Å². The van der Waals surface area contributed by atoms with Crippen LogP contribution in [0.5, 0.6) is 0 Å². The lowest BCUT2D eigenvalue weighted by molar-refractivity contribution is 0.628. The molecule has 0 atom stereocenters. The molecule has 4 heteroatoms. The van der Waals surface area contributed by atoms with Crippen LogP contribution in [-0.2, 0) is 0 Å². The van der Waals surface area contributed by atoms with E-state index in [-0.39, 0.29) is 5.02 Å². The average molecular weight is 261 g/mol. The molecule has 0 unspecified atom stereocenters. The molecule has 18 heavy (non-hydrogen) atoms. The molecule has 1 aromatic carbocycles. The highest BCUT2D eigenvalue weighted by Crippen LogP contribution is 2.33. The van der Waals surface area contributed by atoms with Crippen molar-refractivity contribution in [1.82, 2.24) is 9.97 Å². The van der Waals surface area contributed by atoms with E-state index in [1.165, 1.54) is 6.07 Å². The van der Waals surface area contributed by atoms with Gasteiger partial charge in [0.25, 0.3) is 0 Å². The molecular formula is C14H10ClFN2. The zero-order chi connectivity index (χ0) is 12.7. The summed E-state index contributed by atoms with van der Waals surface area (Å²) in [7, 11) is 0. The summed E-state index contributed by atoms with van der Waals surface area (Å²) in [5.74, 6) is -0.406. The van der Waals surface area contributed by atoms with Crippen LogP contribution in [0.3, 0.4) is 0 Å². The number of benzene rings is 1. The lowest BCUT2D eigenvalue weighted by atomic mass is 10.0. The number of H-pyrrole nitrogens is 1. The predicted octanol–water partition coefficient (Wildman–Crippen LogP) is 4.33. The van der Waals surface area contributed by atoms with Crippen molar-refractivity contribution in [2.45, 2.75) is 6.92 Å². The van der Waals surface area contributed by atoms with Crippen molar-refractivity contribution in [3.05, 3.63) is 53.1 Å². The van der Waals surface area contributed by atoms with Gasteiger partial charge in [0.15, 0.2) is 0 Å². The van der Waals surface area contributed by atoms with Crippen LogP contribution in [0, 0.1) is 12.7 Å². The minimum absolute atomic E-state index is 0.130. The molecule has 0 saturated carbocycles. The quantitative estimate of drug-likeness (QED) is 0.693. The molecule has 0 fully saturated rings. The topological polar surface area (TPSA) is 28.7 Å². The fourth-order valence-corrected chi connectivity index (χ4v) is 2.35. The summed E-state index contributed by atoms with van der Waals surface area (Å²) in [4.78, 5) is 7.48. The van der Waals surface area contributed by atoms with E-state index in [9.17, 15) is 4.39 Å². The first-order chi connectivity index (χ1) is 8.66. The Hall–Kier alpha value is -1.87. The second kappa shape index (κ2) is 4.10. The number of nitrogens with zero attached hydrogens (tertiary/aromatic N) is 1. The average Bonchev–Trinajstić information content (AvgIpc) is 2.69. The maximum absolute atomic E-state index is 13.2. The highest BCUT2D eigenvalue weighted by molar-refractivity contribution is 6.31. The van der Waals surface area contributed by atoms with E-state index in [4.69, 9.17) is 11.6 Å². The molecule has 3 rings (SSSR count). The summed E-state index contributed by atoms with van der Waals surface area (Å²) in [5.41, 5.74) is 3.72. The van der Waals surface area contributed by atoms with Crippen LogP contribution < -0.4 is 0 Å². The van der Waals surface area contributed by atoms with Gasteiger partial charge in [-0.2, -0.15) is 0 Å². The number of fused-ring (bicyclic) bond motifs is 1. The fourth-order valence-electron chi connectivity index (χ4n) is 2.17. The first-order valence-corrected chi connectivity index (χ1v) is 5.93. The second-order valence-corrected chi connectivity index (χ2v) is 4.56.